The third-order valence-corrected chi connectivity index (χ3v) is 5.56. The minimum Gasteiger partial charge on any atom is -0.342 e. The maximum Gasteiger partial charge on any atom is 0.435 e. The Kier molecular flexibility index (Phi) is 5.48. The molecule has 0 radical (unpaired) electrons. The first-order chi connectivity index (χ1) is 15.6. The van der Waals surface area contributed by atoms with E-state index < -0.39 is 35.7 Å². The fraction of sp³-hybridized carbons (Fsp3) is 0.429. The largest absolute Gasteiger partial charge is 0.435 e. The van der Waals surface area contributed by atoms with Gasteiger partial charge in [-0.3, -0.25) is 19.1 Å². The third kappa shape index (κ3) is 4.64. The molecular formula is C21H20F6N6O. The van der Waals surface area contributed by atoms with E-state index in [9.17, 15) is 31.1 Å². The topological polar surface area (TPSA) is 77.6 Å². The molecule has 13 heteroatoms. The van der Waals surface area contributed by atoms with Crippen LogP contribution in [-0.4, -0.2) is 30.5 Å². The molecule has 1 atom stereocenters. The van der Waals surface area contributed by atoms with Gasteiger partial charge in [-0.2, -0.15) is 36.5 Å². The summed E-state index contributed by atoms with van der Waals surface area (Å²) in [4.78, 5) is 16.2. The zero-order valence-corrected chi connectivity index (χ0v) is 18.3. The molecule has 4 rings (SSSR count). The molecule has 182 valence electrons. The number of carbonyl (C=O) groups is 1. The average Bonchev–Trinajstić information content (AvgIpc) is 3.30. The normalized spacial score (nSPS) is 18.0. The summed E-state index contributed by atoms with van der Waals surface area (Å²) in [5.41, 5.74) is -1.87. The maximum absolute atomic E-state index is 13.1. The quantitative estimate of drug-likeness (QED) is 0.549. The minimum atomic E-state index is -4.70. The second-order valence-corrected chi connectivity index (χ2v) is 8.97. The highest BCUT2D eigenvalue weighted by atomic mass is 19.4. The van der Waals surface area contributed by atoms with Gasteiger partial charge in [-0.1, -0.05) is 13.8 Å². The number of nitrogens with zero attached hydrogens (tertiary/aromatic N) is 5. The van der Waals surface area contributed by atoms with Gasteiger partial charge in [0.1, 0.15) is 11.4 Å². The summed E-state index contributed by atoms with van der Waals surface area (Å²) in [5.74, 6) is -0.759. The fourth-order valence-corrected chi connectivity index (χ4v) is 4.03. The first-order valence-electron chi connectivity index (χ1n) is 10.2. The Hall–Kier alpha value is -3.38. The van der Waals surface area contributed by atoms with Crippen LogP contribution in [0.5, 0.6) is 0 Å². The molecule has 0 aromatic carbocycles. The second-order valence-electron chi connectivity index (χ2n) is 8.97. The number of aryl methyl sites for hydroxylation is 1. The lowest BCUT2D eigenvalue weighted by molar-refractivity contribution is -0.142. The summed E-state index contributed by atoms with van der Waals surface area (Å²) in [6.07, 6.45) is -7.83. The summed E-state index contributed by atoms with van der Waals surface area (Å²) in [7, 11) is 1.24. The van der Waals surface area contributed by atoms with Crippen molar-refractivity contribution in [3.8, 4) is 11.3 Å². The monoisotopic (exact) mass is 486 g/mol. The number of aromatic nitrogens is 5. The van der Waals surface area contributed by atoms with E-state index in [-0.39, 0.29) is 22.4 Å². The van der Waals surface area contributed by atoms with Gasteiger partial charge >= 0.3 is 12.4 Å². The van der Waals surface area contributed by atoms with Gasteiger partial charge in [0.25, 0.3) is 5.91 Å². The fourth-order valence-electron chi connectivity index (χ4n) is 4.03. The second kappa shape index (κ2) is 7.84. The standard InChI is InChI=1S/C21H20F6N6O/c1-19(2)9-13(29-18(34)15-8-17(21(25,26)27)31-32(15)3)14-7-12(30-33(14)10-19)11-4-5-28-16(6-11)20(22,23)24/h4-8,13H,9-10H2,1-3H3,(H,29,34). The average molecular weight is 486 g/mol. The van der Waals surface area contributed by atoms with Crippen molar-refractivity contribution in [3.05, 3.63) is 53.2 Å². The van der Waals surface area contributed by atoms with Gasteiger partial charge in [0.05, 0.1) is 17.4 Å². The van der Waals surface area contributed by atoms with Crippen LogP contribution in [0, 0.1) is 5.41 Å². The van der Waals surface area contributed by atoms with Crippen LogP contribution in [0.15, 0.2) is 30.5 Å². The SMILES string of the molecule is Cn1nc(C(F)(F)F)cc1C(=O)NC1CC(C)(C)Cn2nc(-c3ccnc(C(F)(F)F)c3)cc21. The smallest absolute Gasteiger partial charge is 0.342 e. The van der Waals surface area contributed by atoms with E-state index in [1.807, 2.05) is 13.8 Å². The molecule has 0 saturated carbocycles. The van der Waals surface area contributed by atoms with Gasteiger partial charge in [0.15, 0.2) is 5.69 Å². The molecular weight excluding hydrogens is 466 g/mol. The molecule has 0 fully saturated rings. The lowest BCUT2D eigenvalue weighted by atomic mass is 9.82. The number of carbonyl (C=O) groups excluding carboxylic acids is 1. The molecule has 1 unspecified atom stereocenters. The Morgan fingerprint density at radius 2 is 1.74 bits per heavy atom. The van der Waals surface area contributed by atoms with Gasteiger partial charge in [-0.15, -0.1) is 0 Å². The number of amides is 1. The lowest BCUT2D eigenvalue weighted by Crippen LogP contribution is -2.39. The van der Waals surface area contributed by atoms with Gasteiger partial charge in [0.2, 0.25) is 0 Å². The predicted octanol–water partition coefficient (Wildman–Crippen LogP) is 4.62. The molecule has 1 aliphatic heterocycles. The van der Waals surface area contributed by atoms with E-state index in [0.29, 0.717) is 24.7 Å². The maximum atomic E-state index is 13.1. The van der Waals surface area contributed by atoms with Crippen molar-refractivity contribution in [1.29, 1.82) is 0 Å². The molecule has 1 amide bonds. The van der Waals surface area contributed by atoms with Crippen LogP contribution in [-0.2, 0) is 25.9 Å². The van der Waals surface area contributed by atoms with E-state index in [2.05, 4.69) is 20.5 Å². The summed E-state index contributed by atoms with van der Waals surface area (Å²) in [6.45, 7) is 4.29. The Morgan fingerprint density at radius 1 is 1.06 bits per heavy atom. The molecule has 7 nitrogen and oxygen atoms in total. The van der Waals surface area contributed by atoms with E-state index in [1.165, 1.54) is 13.1 Å². The number of rotatable bonds is 3. The molecule has 1 aliphatic rings. The van der Waals surface area contributed by atoms with Gasteiger partial charge in [0, 0.05) is 31.4 Å². The van der Waals surface area contributed by atoms with Gasteiger partial charge in [-0.25, -0.2) is 0 Å². The third-order valence-electron chi connectivity index (χ3n) is 5.56. The number of alkyl halides is 6. The predicted molar refractivity (Wildman–Crippen MR) is 107 cm³/mol. The van der Waals surface area contributed by atoms with Crippen LogP contribution in [0.2, 0.25) is 0 Å². The summed E-state index contributed by atoms with van der Waals surface area (Å²) in [5, 5.41) is 10.5. The van der Waals surface area contributed by atoms with Crippen molar-refractivity contribution in [2.45, 2.75) is 45.2 Å². The van der Waals surface area contributed by atoms with Crippen LogP contribution in [0.4, 0.5) is 26.3 Å². The molecule has 0 spiro atoms. The van der Waals surface area contributed by atoms with E-state index in [4.69, 9.17) is 0 Å². The highest BCUT2D eigenvalue weighted by Gasteiger charge is 2.38. The van der Waals surface area contributed by atoms with Crippen molar-refractivity contribution in [1.82, 2.24) is 29.9 Å². The van der Waals surface area contributed by atoms with Crippen molar-refractivity contribution >= 4 is 5.91 Å². The number of hydrogen-bond donors (Lipinski definition) is 1. The Morgan fingerprint density at radius 3 is 2.35 bits per heavy atom. The number of halogens is 6. The zero-order chi connectivity index (χ0) is 25.1. The molecule has 0 bridgehead atoms. The zero-order valence-electron chi connectivity index (χ0n) is 18.3. The number of fused-ring (bicyclic) bond motifs is 1. The summed E-state index contributed by atoms with van der Waals surface area (Å²) < 4.78 is 80.6. The first kappa shape index (κ1) is 23.8. The molecule has 0 aliphatic carbocycles. The van der Waals surface area contributed by atoms with Crippen LogP contribution in [0.25, 0.3) is 11.3 Å². The van der Waals surface area contributed by atoms with Crippen LogP contribution in [0.1, 0.15) is 53.9 Å². The van der Waals surface area contributed by atoms with Gasteiger partial charge in [-0.05, 0) is 30.0 Å². The molecule has 0 saturated heterocycles. The van der Waals surface area contributed by atoms with Crippen LogP contribution >= 0.6 is 0 Å². The Balaban J connectivity index is 1.66. The number of nitrogens with one attached hydrogen (secondary N) is 1. The summed E-state index contributed by atoms with van der Waals surface area (Å²) >= 11 is 0. The molecule has 4 heterocycles. The molecule has 3 aromatic rings. The van der Waals surface area contributed by atoms with E-state index in [1.54, 1.807) is 10.7 Å². The Labute approximate surface area is 189 Å². The van der Waals surface area contributed by atoms with Gasteiger partial charge < -0.3 is 5.32 Å². The minimum absolute atomic E-state index is 0.202. The number of hydrogen-bond acceptors (Lipinski definition) is 4. The number of pyridine rings is 1. The molecule has 1 N–H and O–H groups in total. The van der Waals surface area contributed by atoms with Crippen LogP contribution < -0.4 is 5.32 Å². The van der Waals surface area contributed by atoms with E-state index in [0.717, 1.165) is 16.9 Å². The van der Waals surface area contributed by atoms with Crippen LogP contribution in [0.3, 0.4) is 0 Å². The van der Waals surface area contributed by atoms with Crippen molar-refractivity contribution in [2.75, 3.05) is 0 Å². The lowest BCUT2D eigenvalue weighted by Gasteiger charge is -2.36. The molecule has 34 heavy (non-hydrogen) atoms. The van der Waals surface area contributed by atoms with Crippen molar-refractivity contribution < 1.29 is 31.1 Å². The highest BCUT2D eigenvalue weighted by molar-refractivity contribution is 5.93. The summed E-state index contributed by atoms with van der Waals surface area (Å²) in [6, 6.07) is 3.89. The van der Waals surface area contributed by atoms with Crippen molar-refractivity contribution in [2.24, 2.45) is 12.5 Å². The first-order valence-corrected chi connectivity index (χ1v) is 10.2. The Bertz CT molecular complexity index is 1240. The van der Waals surface area contributed by atoms with Crippen molar-refractivity contribution in [3.63, 3.8) is 0 Å². The highest BCUT2D eigenvalue weighted by Crippen LogP contribution is 2.39. The molecule has 3 aromatic heterocycles. The van der Waals surface area contributed by atoms with E-state index >= 15 is 0 Å².